The Labute approximate surface area is 144 Å². The molecule has 0 radical (unpaired) electrons. The van der Waals surface area contributed by atoms with Crippen LogP contribution in [0.5, 0.6) is 0 Å². The minimum absolute atomic E-state index is 0.128. The molecule has 0 aliphatic carbocycles. The van der Waals surface area contributed by atoms with Crippen LogP contribution in [0.4, 0.5) is 0 Å². The zero-order valence-corrected chi connectivity index (χ0v) is 14.4. The number of hydrogen-bond donors (Lipinski definition) is 1. The molecule has 0 spiro atoms. The lowest BCUT2D eigenvalue weighted by atomic mass is 9.91. The lowest BCUT2D eigenvalue weighted by molar-refractivity contribution is -0.134. The SMILES string of the molecule is NC(C(=O)N1CCCN(Cc2ccccc2)CC1)C1CCOCC1. The van der Waals surface area contributed by atoms with Crippen LogP contribution in [0, 0.1) is 5.92 Å². The van der Waals surface area contributed by atoms with Gasteiger partial charge in [0.05, 0.1) is 6.04 Å². The summed E-state index contributed by atoms with van der Waals surface area (Å²) in [5.41, 5.74) is 7.60. The fraction of sp³-hybridized carbons (Fsp3) is 0.632. The van der Waals surface area contributed by atoms with Crippen molar-refractivity contribution < 1.29 is 9.53 Å². The average molecular weight is 331 g/mol. The molecule has 1 unspecified atom stereocenters. The van der Waals surface area contributed by atoms with Gasteiger partial charge in [-0.3, -0.25) is 9.69 Å². The molecule has 2 N–H and O–H groups in total. The third kappa shape index (κ3) is 4.56. The summed E-state index contributed by atoms with van der Waals surface area (Å²) in [5.74, 6) is 0.401. The maximum Gasteiger partial charge on any atom is 0.239 e. The monoisotopic (exact) mass is 331 g/mol. The van der Waals surface area contributed by atoms with E-state index in [1.54, 1.807) is 0 Å². The molecule has 1 amide bonds. The van der Waals surface area contributed by atoms with Crippen molar-refractivity contribution in [2.24, 2.45) is 11.7 Å². The van der Waals surface area contributed by atoms with Crippen molar-refractivity contribution in [2.75, 3.05) is 39.4 Å². The number of amides is 1. The maximum absolute atomic E-state index is 12.8. The molecule has 1 aromatic carbocycles. The molecule has 5 heteroatoms. The Morgan fingerprint density at radius 1 is 1.12 bits per heavy atom. The third-order valence-electron chi connectivity index (χ3n) is 5.21. The molecule has 2 heterocycles. The first-order chi connectivity index (χ1) is 11.7. The molecule has 24 heavy (non-hydrogen) atoms. The summed E-state index contributed by atoms with van der Waals surface area (Å²) in [6.07, 6.45) is 2.82. The van der Waals surface area contributed by atoms with Gasteiger partial charge in [-0.25, -0.2) is 0 Å². The molecule has 2 saturated heterocycles. The number of hydrogen-bond acceptors (Lipinski definition) is 4. The van der Waals surface area contributed by atoms with E-state index < -0.39 is 0 Å². The number of carbonyl (C=O) groups is 1. The molecule has 2 aliphatic heterocycles. The summed E-state index contributed by atoms with van der Waals surface area (Å²) in [6, 6.07) is 10.2. The number of nitrogens with two attached hydrogens (primary N) is 1. The highest BCUT2D eigenvalue weighted by Crippen LogP contribution is 2.19. The first-order valence-corrected chi connectivity index (χ1v) is 9.12. The Morgan fingerprint density at radius 2 is 1.88 bits per heavy atom. The number of rotatable bonds is 4. The first-order valence-electron chi connectivity index (χ1n) is 9.12. The Bertz CT molecular complexity index is 517. The predicted octanol–water partition coefficient (Wildman–Crippen LogP) is 1.47. The van der Waals surface area contributed by atoms with Gasteiger partial charge < -0.3 is 15.4 Å². The second-order valence-corrected chi connectivity index (χ2v) is 6.92. The van der Waals surface area contributed by atoms with Gasteiger partial charge in [-0.2, -0.15) is 0 Å². The summed E-state index contributed by atoms with van der Waals surface area (Å²) in [6.45, 7) is 5.97. The molecule has 1 atom stereocenters. The van der Waals surface area contributed by atoms with Crippen LogP contribution in [-0.2, 0) is 16.1 Å². The van der Waals surface area contributed by atoms with Crippen LogP contribution in [-0.4, -0.2) is 61.1 Å². The van der Waals surface area contributed by atoms with E-state index in [0.29, 0.717) is 0 Å². The normalized spacial score (nSPS) is 22.1. The second kappa shape index (κ2) is 8.60. The van der Waals surface area contributed by atoms with E-state index in [1.807, 2.05) is 11.0 Å². The molecule has 0 bridgehead atoms. The van der Waals surface area contributed by atoms with E-state index in [-0.39, 0.29) is 17.9 Å². The van der Waals surface area contributed by atoms with Crippen LogP contribution in [0.1, 0.15) is 24.8 Å². The molecule has 2 fully saturated rings. The van der Waals surface area contributed by atoms with Crippen molar-refractivity contribution in [1.29, 1.82) is 0 Å². The molecule has 132 valence electrons. The molecule has 0 saturated carbocycles. The average Bonchev–Trinajstić information content (AvgIpc) is 2.88. The molecular weight excluding hydrogens is 302 g/mol. The van der Waals surface area contributed by atoms with Gasteiger partial charge in [-0.15, -0.1) is 0 Å². The van der Waals surface area contributed by atoms with Gasteiger partial charge in [0.15, 0.2) is 0 Å². The van der Waals surface area contributed by atoms with Crippen molar-refractivity contribution >= 4 is 5.91 Å². The Morgan fingerprint density at radius 3 is 2.62 bits per heavy atom. The lowest BCUT2D eigenvalue weighted by Gasteiger charge is -2.31. The summed E-state index contributed by atoms with van der Waals surface area (Å²) in [7, 11) is 0. The Balaban J connectivity index is 1.51. The maximum atomic E-state index is 12.8. The van der Waals surface area contributed by atoms with Gasteiger partial charge in [0.25, 0.3) is 0 Å². The van der Waals surface area contributed by atoms with Crippen LogP contribution in [0.15, 0.2) is 30.3 Å². The predicted molar refractivity (Wildman–Crippen MR) is 94.4 cm³/mol. The van der Waals surface area contributed by atoms with Gasteiger partial charge in [-0.05, 0) is 30.7 Å². The van der Waals surface area contributed by atoms with Gasteiger partial charge >= 0.3 is 0 Å². The van der Waals surface area contributed by atoms with Crippen LogP contribution in [0.2, 0.25) is 0 Å². The standard InChI is InChI=1S/C19H29N3O2/c20-18(17-7-13-24-14-8-17)19(23)22-10-4-9-21(11-12-22)15-16-5-2-1-3-6-16/h1-3,5-6,17-18H,4,7-15,20H2. The minimum Gasteiger partial charge on any atom is -0.381 e. The summed E-state index contributed by atoms with van der Waals surface area (Å²) in [4.78, 5) is 17.2. The number of carbonyl (C=O) groups excluding carboxylic acids is 1. The summed E-state index contributed by atoms with van der Waals surface area (Å²) in [5, 5.41) is 0. The van der Waals surface area contributed by atoms with E-state index >= 15 is 0 Å². The summed E-state index contributed by atoms with van der Waals surface area (Å²) >= 11 is 0. The van der Waals surface area contributed by atoms with Crippen LogP contribution < -0.4 is 5.73 Å². The first kappa shape index (κ1) is 17.4. The highest BCUT2D eigenvalue weighted by atomic mass is 16.5. The lowest BCUT2D eigenvalue weighted by Crippen LogP contribution is -2.49. The third-order valence-corrected chi connectivity index (χ3v) is 5.21. The topological polar surface area (TPSA) is 58.8 Å². The van der Waals surface area contributed by atoms with Crippen LogP contribution in [0.25, 0.3) is 0 Å². The Kier molecular flexibility index (Phi) is 6.24. The van der Waals surface area contributed by atoms with Crippen LogP contribution in [0.3, 0.4) is 0 Å². The highest BCUT2D eigenvalue weighted by Gasteiger charge is 2.30. The van der Waals surface area contributed by atoms with Gasteiger partial charge in [0.1, 0.15) is 0 Å². The quantitative estimate of drug-likeness (QED) is 0.908. The minimum atomic E-state index is -0.366. The summed E-state index contributed by atoms with van der Waals surface area (Å²) < 4.78 is 5.38. The van der Waals surface area contributed by atoms with E-state index in [4.69, 9.17) is 10.5 Å². The molecule has 3 rings (SSSR count). The molecule has 2 aliphatic rings. The number of benzene rings is 1. The van der Waals surface area contributed by atoms with E-state index in [9.17, 15) is 4.79 Å². The fourth-order valence-corrected chi connectivity index (χ4v) is 3.68. The van der Waals surface area contributed by atoms with E-state index in [1.165, 1.54) is 5.56 Å². The van der Waals surface area contributed by atoms with Crippen molar-refractivity contribution in [1.82, 2.24) is 9.80 Å². The van der Waals surface area contributed by atoms with Gasteiger partial charge in [0, 0.05) is 45.9 Å². The highest BCUT2D eigenvalue weighted by molar-refractivity contribution is 5.82. The van der Waals surface area contributed by atoms with E-state index in [2.05, 4.69) is 29.2 Å². The molecular formula is C19H29N3O2. The number of nitrogens with zero attached hydrogens (tertiary/aromatic N) is 2. The second-order valence-electron chi connectivity index (χ2n) is 6.92. The number of ether oxygens (including phenoxy) is 1. The molecule has 5 nitrogen and oxygen atoms in total. The van der Waals surface area contributed by atoms with Crippen molar-refractivity contribution in [3.63, 3.8) is 0 Å². The fourth-order valence-electron chi connectivity index (χ4n) is 3.68. The van der Waals surface area contributed by atoms with Crippen LogP contribution >= 0.6 is 0 Å². The Hall–Kier alpha value is -1.43. The zero-order chi connectivity index (χ0) is 16.8. The smallest absolute Gasteiger partial charge is 0.239 e. The van der Waals surface area contributed by atoms with Gasteiger partial charge in [-0.1, -0.05) is 30.3 Å². The molecule has 1 aromatic rings. The largest absolute Gasteiger partial charge is 0.381 e. The van der Waals surface area contributed by atoms with Crippen molar-refractivity contribution in [3.8, 4) is 0 Å². The van der Waals surface area contributed by atoms with Crippen molar-refractivity contribution in [2.45, 2.75) is 31.8 Å². The van der Waals surface area contributed by atoms with Crippen molar-refractivity contribution in [3.05, 3.63) is 35.9 Å². The van der Waals surface area contributed by atoms with E-state index in [0.717, 1.165) is 65.2 Å². The zero-order valence-electron chi connectivity index (χ0n) is 14.4. The molecule has 0 aromatic heterocycles. The van der Waals surface area contributed by atoms with Gasteiger partial charge in [0.2, 0.25) is 5.91 Å².